The van der Waals surface area contributed by atoms with Crippen LogP contribution in [0.5, 0.6) is 5.88 Å². The predicted octanol–water partition coefficient (Wildman–Crippen LogP) is 2.77. The summed E-state index contributed by atoms with van der Waals surface area (Å²) in [4.78, 5) is 8.15. The number of thiazole rings is 1. The molecule has 0 aliphatic heterocycles. The fourth-order valence-electron chi connectivity index (χ4n) is 3.11. The van der Waals surface area contributed by atoms with Crippen LogP contribution in [0.15, 0.2) is 24.3 Å². The van der Waals surface area contributed by atoms with Crippen LogP contribution in [-0.2, 0) is 6.42 Å². The van der Waals surface area contributed by atoms with Crippen LogP contribution >= 0.6 is 11.3 Å². The normalized spacial score (nSPS) is 13.0. The summed E-state index contributed by atoms with van der Waals surface area (Å²) in [6.45, 7) is 7.48. The Morgan fingerprint density at radius 3 is 2.64 bits per heavy atom. The molecule has 0 aliphatic carbocycles. The molecular weight excluding hydrogens is 336 g/mol. The van der Waals surface area contributed by atoms with E-state index in [1.54, 1.807) is 0 Å². The van der Waals surface area contributed by atoms with E-state index in [0.29, 0.717) is 11.5 Å². The Kier molecular flexibility index (Phi) is 5.36. The number of aromatic nitrogens is 3. The SMILES string of the molecule is CCc1nc2sc(C(c3ccccc3C)N(CC)CCO)c(O)n2n1. The van der Waals surface area contributed by atoms with Gasteiger partial charge in [0.15, 0.2) is 5.82 Å². The van der Waals surface area contributed by atoms with E-state index in [-0.39, 0.29) is 18.5 Å². The molecule has 0 fully saturated rings. The lowest BCUT2D eigenvalue weighted by Gasteiger charge is -2.30. The highest BCUT2D eigenvalue weighted by Crippen LogP contribution is 2.40. The van der Waals surface area contributed by atoms with Gasteiger partial charge in [0.05, 0.1) is 17.5 Å². The third-order valence-electron chi connectivity index (χ3n) is 4.45. The van der Waals surface area contributed by atoms with Crippen molar-refractivity contribution < 1.29 is 10.2 Å². The van der Waals surface area contributed by atoms with E-state index >= 15 is 0 Å². The van der Waals surface area contributed by atoms with Crippen molar-refractivity contribution in [3.8, 4) is 5.88 Å². The van der Waals surface area contributed by atoms with Crippen molar-refractivity contribution in [2.45, 2.75) is 33.2 Å². The Bertz CT molecular complexity index is 858. The molecule has 0 aliphatic rings. The molecule has 0 radical (unpaired) electrons. The van der Waals surface area contributed by atoms with Crippen molar-refractivity contribution >= 4 is 16.3 Å². The van der Waals surface area contributed by atoms with E-state index < -0.39 is 0 Å². The fraction of sp³-hybridized carbons (Fsp3) is 0.444. The lowest BCUT2D eigenvalue weighted by Crippen LogP contribution is -2.32. The van der Waals surface area contributed by atoms with Gasteiger partial charge in [-0.2, -0.15) is 4.52 Å². The topological polar surface area (TPSA) is 73.9 Å². The Labute approximate surface area is 151 Å². The van der Waals surface area contributed by atoms with Gasteiger partial charge in [0.2, 0.25) is 10.8 Å². The van der Waals surface area contributed by atoms with Crippen molar-refractivity contribution in [2.75, 3.05) is 19.7 Å². The number of aromatic hydroxyl groups is 1. The summed E-state index contributed by atoms with van der Waals surface area (Å²) >= 11 is 1.46. The maximum absolute atomic E-state index is 10.8. The monoisotopic (exact) mass is 360 g/mol. The molecule has 6 nitrogen and oxygen atoms in total. The average molecular weight is 360 g/mol. The van der Waals surface area contributed by atoms with Crippen molar-refractivity contribution in [2.24, 2.45) is 0 Å². The Morgan fingerprint density at radius 1 is 1.28 bits per heavy atom. The van der Waals surface area contributed by atoms with Gasteiger partial charge in [0, 0.05) is 13.0 Å². The van der Waals surface area contributed by atoms with Crippen molar-refractivity contribution in [3.63, 3.8) is 0 Å². The lowest BCUT2D eigenvalue weighted by atomic mass is 9.98. The molecule has 1 atom stereocenters. The third kappa shape index (κ3) is 3.27. The highest BCUT2D eigenvalue weighted by molar-refractivity contribution is 7.17. The van der Waals surface area contributed by atoms with Crippen LogP contribution < -0.4 is 0 Å². The second-order valence-corrected chi connectivity index (χ2v) is 6.99. The van der Waals surface area contributed by atoms with E-state index in [2.05, 4.69) is 41.0 Å². The van der Waals surface area contributed by atoms with Crippen LogP contribution in [-0.4, -0.2) is 49.4 Å². The van der Waals surface area contributed by atoms with Gasteiger partial charge in [-0.3, -0.25) is 4.90 Å². The Balaban J connectivity index is 2.15. The van der Waals surface area contributed by atoms with Gasteiger partial charge >= 0.3 is 0 Å². The van der Waals surface area contributed by atoms with Gasteiger partial charge in [0.1, 0.15) is 0 Å². The zero-order valence-electron chi connectivity index (χ0n) is 14.8. The minimum Gasteiger partial charge on any atom is -0.492 e. The van der Waals surface area contributed by atoms with Gasteiger partial charge < -0.3 is 10.2 Å². The molecule has 1 aromatic carbocycles. The van der Waals surface area contributed by atoms with E-state index in [4.69, 9.17) is 0 Å². The molecule has 7 heteroatoms. The highest BCUT2D eigenvalue weighted by Gasteiger charge is 2.29. The molecule has 2 aromatic heterocycles. The fourth-order valence-corrected chi connectivity index (χ4v) is 4.24. The number of hydrogen-bond acceptors (Lipinski definition) is 6. The van der Waals surface area contributed by atoms with Gasteiger partial charge in [-0.05, 0) is 24.6 Å². The molecule has 0 spiro atoms. The Hall–Kier alpha value is -1.96. The number of aryl methyl sites for hydroxylation is 2. The average Bonchev–Trinajstić information content (AvgIpc) is 3.15. The van der Waals surface area contributed by atoms with E-state index in [1.165, 1.54) is 15.9 Å². The molecule has 0 amide bonds. The van der Waals surface area contributed by atoms with Crippen LogP contribution in [0.3, 0.4) is 0 Å². The highest BCUT2D eigenvalue weighted by atomic mass is 32.1. The summed E-state index contributed by atoms with van der Waals surface area (Å²) < 4.78 is 1.52. The molecular formula is C18H24N4O2S. The van der Waals surface area contributed by atoms with Crippen molar-refractivity contribution in [3.05, 3.63) is 46.1 Å². The first-order valence-corrected chi connectivity index (χ1v) is 9.40. The first-order chi connectivity index (χ1) is 12.1. The summed E-state index contributed by atoms with van der Waals surface area (Å²) in [5.74, 6) is 0.861. The molecule has 0 bridgehead atoms. The van der Waals surface area contributed by atoms with Crippen LogP contribution in [0.1, 0.15) is 41.7 Å². The van der Waals surface area contributed by atoms with Gasteiger partial charge in [-0.25, -0.2) is 4.98 Å². The molecule has 3 rings (SSSR count). The van der Waals surface area contributed by atoms with Gasteiger partial charge in [-0.15, -0.1) is 5.10 Å². The molecule has 2 heterocycles. The number of aliphatic hydroxyl groups excluding tert-OH is 1. The predicted molar refractivity (Wildman–Crippen MR) is 99.3 cm³/mol. The summed E-state index contributed by atoms with van der Waals surface area (Å²) in [6.07, 6.45) is 0.732. The maximum atomic E-state index is 10.8. The van der Waals surface area contributed by atoms with Crippen LogP contribution in [0.4, 0.5) is 0 Å². The van der Waals surface area contributed by atoms with Crippen LogP contribution in [0.25, 0.3) is 4.96 Å². The summed E-state index contributed by atoms with van der Waals surface area (Å²) in [5, 5.41) is 24.7. The smallest absolute Gasteiger partial charge is 0.230 e. The van der Waals surface area contributed by atoms with Gasteiger partial charge in [0.25, 0.3) is 0 Å². The van der Waals surface area contributed by atoms with E-state index in [0.717, 1.165) is 34.8 Å². The molecule has 0 saturated heterocycles. The Morgan fingerprint density at radius 2 is 2.04 bits per heavy atom. The number of fused-ring (bicyclic) bond motifs is 1. The number of nitrogens with zero attached hydrogens (tertiary/aromatic N) is 4. The maximum Gasteiger partial charge on any atom is 0.230 e. The zero-order valence-corrected chi connectivity index (χ0v) is 15.6. The van der Waals surface area contributed by atoms with Gasteiger partial charge in [-0.1, -0.05) is 49.4 Å². The quantitative estimate of drug-likeness (QED) is 0.678. The number of hydrogen-bond donors (Lipinski definition) is 2. The molecule has 2 N–H and O–H groups in total. The largest absolute Gasteiger partial charge is 0.492 e. The van der Waals surface area contributed by atoms with Crippen molar-refractivity contribution in [1.29, 1.82) is 0 Å². The third-order valence-corrected chi connectivity index (χ3v) is 5.52. The minimum absolute atomic E-state index is 0.0672. The number of benzene rings is 1. The summed E-state index contributed by atoms with van der Waals surface area (Å²) in [7, 11) is 0. The zero-order chi connectivity index (χ0) is 18.0. The van der Waals surface area contributed by atoms with E-state index in [9.17, 15) is 10.2 Å². The summed E-state index contributed by atoms with van der Waals surface area (Å²) in [5.41, 5.74) is 2.27. The van der Waals surface area contributed by atoms with Crippen molar-refractivity contribution in [1.82, 2.24) is 19.5 Å². The standard InChI is InChI=1S/C18H24N4O2S/c1-4-14-19-18-22(20-14)17(24)16(25-18)15(21(5-2)10-11-23)13-9-7-6-8-12(13)3/h6-9,15,23-24H,4-5,10-11H2,1-3H3. The molecule has 0 saturated carbocycles. The molecule has 25 heavy (non-hydrogen) atoms. The number of rotatable bonds is 7. The number of aliphatic hydroxyl groups is 1. The lowest BCUT2D eigenvalue weighted by molar-refractivity contribution is 0.174. The van der Waals surface area contributed by atoms with Crippen LogP contribution in [0.2, 0.25) is 0 Å². The van der Waals surface area contributed by atoms with Crippen LogP contribution in [0, 0.1) is 6.92 Å². The second-order valence-electron chi connectivity index (χ2n) is 5.98. The molecule has 3 aromatic rings. The molecule has 1 unspecified atom stereocenters. The first-order valence-electron chi connectivity index (χ1n) is 8.58. The molecule has 134 valence electrons. The van der Waals surface area contributed by atoms with E-state index in [1.807, 2.05) is 19.1 Å². The minimum atomic E-state index is -0.142. The number of likely N-dealkylation sites (N-methyl/N-ethyl adjacent to an activating group) is 1. The summed E-state index contributed by atoms with van der Waals surface area (Å²) in [6, 6.07) is 8.02. The second kappa shape index (κ2) is 7.51. The first kappa shape index (κ1) is 17.8.